The first kappa shape index (κ1) is 12.8. The quantitative estimate of drug-likeness (QED) is 0.851. The first-order valence-corrected chi connectivity index (χ1v) is 5.77. The van der Waals surface area contributed by atoms with Crippen molar-refractivity contribution in [2.75, 3.05) is 5.32 Å². The number of nitrogens with one attached hydrogen (secondary N) is 1. The number of rotatable bonds is 4. The molecule has 0 bridgehead atoms. The van der Waals surface area contributed by atoms with Gasteiger partial charge in [0.05, 0.1) is 10.9 Å². The second-order valence-electron chi connectivity index (χ2n) is 4.01. The molecule has 4 heteroatoms. The molecular weight excluding hydrogens is 240 g/mol. The molecule has 0 saturated heterocycles. The molecule has 0 saturated carbocycles. The number of anilines is 1. The summed E-state index contributed by atoms with van der Waals surface area (Å²) >= 11 is 0. The van der Waals surface area contributed by atoms with E-state index in [1.807, 2.05) is 13.0 Å². The van der Waals surface area contributed by atoms with Crippen LogP contribution in [0.4, 0.5) is 6.01 Å². The maximum atomic E-state index is 11.9. The SMILES string of the molecule is C=C/C=C(\C=C)Nc1nc2ccc(C)cc2c(=O)o1. The number of aromatic nitrogens is 1. The number of allylic oxidation sites excluding steroid dienone is 3. The predicted molar refractivity (Wildman–Crippen MR) is 77.1 cm³/mol. The average molecular weight is 254 g/mol. The molecule has 2 aromatic rings. The van der Waals surface area contributed by atoms with Gasteiger partial charge in [0.25, 0.3) is 0 Å². The van der Waals surface area contributed by atoms with Gasteiger partial charge in [-0.2, -0.15) is 4.98 Å². The molecule has 2 rings (SSSR count). The monoisotopic (exact) mass is 254 g/mol. The van der Waals surface area contributed by atoms with Crippen LogP contribution in [0.3, 0.4) is 0 Å². The number of benzene rings is 1. The van der Waals surface area contributed by atoms with E-state index in [0.717, 1.165) is 5.56 Å². The maximum Gasteiger partial charge on any atom is 0.348 e. The molecule has 19 heavy (non-hydrogen) atoms. The molecule has 0 unspecified atom stereocenters. The fraction of sp³-hybridized carbons (Fsp3) is 0.0667. The van der Waals surface area contributed by atoms with Gasteiger partial charge in [-0.05, 0) is 31.2 Å². The molecule has 4 nitrogen and oxygen atoms in total. The molecular formula is C15H14N2O2. The zero-order valence-corrected chi connectivity index (χ0v) is 10.6. The van der Waals surface area contributed by atoms with E-state index in [4.69, 9.17) is 4.42 Å². The number of fused-ring (bicyclic) bond motifs is 1. The van der Waals surface area contributed by atoms with Crippen molar-refractivity contribution in [1.29, 1.82) is 0 Å². The summed E-state index contributed by atoms with van der Waals surface area (Å²) in [5.41, 5.74) is 1.81. The van der Waals surface area contributed by atoms with Gasteiger partial charge < -0.3 is 9.73 Å². The molecule has 0 amide bonds. The summed E-state index contributed by atoms with van der Waals surface area (Å²) in [6, 6.07) is 5.57. The Bertz CT molecular complexity index is 726. The van der Waals surface area contributed by atoms with Crippen molar-refractivity contribution < 1.29 is 4.42 Å². The summed E-state index contributed by atoms with van der Waals surface area (Å²) in [4.78, 5) is 16.1. The molecule has 96 valence electrons. The van der Waals surface area contributed by atoms with E-state index in [9.17, 15) is 4.79 Å². The number of aryl methyl sites for hydroxylation is 1. The minimum Gasteiger partial charge on any atom is -0.388 e. The van der Waals surface area contributed by atoms with Crippen LogP contribution in [-0.2, 0) is 0 Å². The lowest BCUT2D eigenvalue weighted by molar-refractivity contribution is 0.520. The van der Waals surface area contributed by atoms with Crippen LogP contribution in [0, 0.1) is 6.92 Å². The summed E-state index contributed by atoms with van der Waals surface area (Å²) in [5.74, 6) is 0. The van der Waals surface area contributed by atoms with Crippen molar-refractivity contribution >= 4 is 16.9 Å². The highest BCUT2D eigenvalue weighted by Gasteiger charge is 2.06. The highest BCUT2D eigenvalue weighted by molar-refractivity contribution is 5.78. The Morgan fingerprint density at radius 3 is 2.89 bits per heavy atom. The van der Waals surface area contributed by atoms with Crippen LogP contribution in [0.25, 0.3) is 10.9 Å². The third kappa shape index (κ3) is 2.80. The van der Waals surface area contributed by atoms with Crippen molar-refractivity contribution in [2.45, 2.75) is 6.92 Å². The van der Waals surface area contributed by atoms with Gasteiger partial charge in [0.2, 0.25) is 0 Å². The van der Waals surface area contributed by atoms with Crippen molar-refractivity contribution in [3.63, 3.8) is 0 Å². The first-order chi connectivity index (χ1) is 9.13. The molecule has 0 radical (unpaired) electrons. The van der Waals surface area contributed by atoms with E-state index in [1.165, 1.54) is 0 Å². The van der Waals surface area contributed by atoms with E-state index in [1.54, 1.807) is 30.4 Å². The van der Waals surface area contributed by atoms with Crippen molar-refractivity contribution in [2.24, 2.45) is 0 Å². The number of hydrogen-bond acceptors (Lipinski definition) is 4. The van der Waals surface area contributed by atoms with Gasteiger partial charge in [0.1, 0.15) is 0 Å². The Labute approximate surface area is 110 Å². The van der Waals surface area contributed by atoms with Crippen LogP contribution in [0.1, 0.15) is 5.56 Å². The standard InChI is InChI=1S/C15H14N2O2/c1-4-6-11(5-2)16-15-17-13-8-7-10(3)9-12(13)14(18)19-15/h4-9H,1-2H2,3H3,(H,16,17)/b11-6+. The molecule has 1 aromatic carbocycles. The molecule has 1 heterocycles. The molecule has 0 atom stereocenters. The first-order valence-electron chi connectivity index (χ1n) is 5.77. The van der Waals surface area contributed by atoms with Gasteiger partial charge >= 0.3 is 11.6 Å². The van der Waals surface area contributed by atoms with Gasteiger partial charge in [0.15, 0.2) is 0 Å². The summed E-state index contributed by atoms with van der Waals surface area (Å²) in [6.07, 6.45) is 4.89. The van der Waals surface area contributed by atoms with E-state index < -0.39 is 5.63 Å². The molecule has 1 aromatic heterocycles. The third-order valence-corrected chi connectivity index (χ3v) is 2.55. The number of hydrogen-bond donors (Lipinski definition) is 1. The Morgan fingerprint density at radius 1 is 1.42 bits per heavy atom. The van der Waals surface area contributed by atoms with Crippen LogP contribution in [0.2, 0.25) is 0 Å². The lowest BCUT2D eigenvalue weighted by Gasteiger charge is -2.05. The summed E-state index contributed by atoms with van der Waals surface area (Å²) in [5, 5.41) is 3.34. The van der Waals surface area contributed by atoms with E-state index in [0.29, 0.717) is 16.6 Å². The Balaban J connectivity index is 2.49. The van der Waals surface area contributed by atoms with Crippen molar-refractivity contribution in [3.8, 4) is 0 Å². The largest absolute Gasteiger partial charge is 0.388 e. The summed E-state index contributed by atoms with van der Waals surface area (Å²) in [6.45, 7) is 9.15. The lowest BCUT2D eigenvalue weighted by atomic mass is 10.2. The minimum absolute atomic E-state index is 0.134. The Morgan fingerprint density at radius 2 is 2.21 bits per heavy atom. The van der Waals surface area contributed by atoms with E-state index in [2.05, 4.69) is 23.5 Å². The van der Waals surface area contributed by atoms with Crippen LogP contribution in [-0.4, -0.2) is 4.98 Å². The van der Waals surface area contributed by atoms with Gasteiger partial charge in [-0.3, -0.25) is 0 Å². The summed E-state index contributed by atoms with van der Waals surface area (Å²) < 4.78 is 5.12. The van der Waals surface area contributed by atoms with Crippen LogP contribution >= 0.6 is 0 Å². The van der Waals surface area contributed by atoms with E-state index >= 15 is 0 Å². The topological polar surface area (TPSA) is 55.1 Å². The fourth-order valence-electron chi connectivity index (χ4n) is 1.65. The normalized spacial score (nSPS) is 11.3. The third-order valence-electron chi connectivity index (χ3n) is 2.55. The maximum absolute atomic E-state index is 11.9. The second kappa shape index (κ2) is 5.35. The second-order valence-corrected chi connectivity index (χ2v) is 4.01. The van der Waals surface area contributed by atoms with Crippen LogP contribution in [0.5, 0.6) is 0 Å². The van der Waals surface area contributed by atoms with Gasteiger partial charge in [-0.15, -0.1) is 0 Å². The van der Waals surface area contributed by atoms with Crippen LogP contribution in [0.15, 0.2) is 64.5 Å². The van der Waals surface area contributed by atoms with Gasteiger partial charge in [0, 0.05) is 5.70 Å². The molecule has 0 spiro atoms. The molecule has 0 aliphatic carbocycles. The molecule has 0 aliphatic rings. The minimum atomic E-state index is -0.418. The number of nitrogens with zero attached hydrogens (tertiary/aromatic N) is 1. The fourth-order valence-corrected chi connectivity index (χ4v) is 1.65. The average Bonchev–Trinajstić information content (AvgIpc) is 2.39. The Hall–Kier alpha value is -2.62. The van der Waals surface area contributed by atoms with Crippen LogP contribution < -0.4 is 10.9 Å². The summed E-state index contributed by atoms with van der Waals surface area (Å²) in [7, 11) is 0. The highest BCUT2D eigenvalue weighted by Crippen LogP contribution is 2.14. The zero-order chi connectivity index (χ0) is 13.8. The smallest absolute Gasteiger partial charge is 0.348 e. The Kier molecular flexibility index (Phi) is 3.61. The zero-order valence-electron chi connectivity index (χ0n) is 10.6. The molecule has 0 aliphatic heterocycles. The van der Waals surface area contributed by atoms with Gasteiger partial charge in [-0.25, -0.2) is 4.79 Å². The van der Waals surface area contributed by atoms with Gasteiger partial charge in [-0.1, -0.05) is 30.9 Å². The lowest BCUT2D eigenvalue weighted by Crippen LogP contribution is -2.07. The molecule has 0 fully saturated rings. The van der Waals surface area contributed by atoms with E-state index in [-0.39, 0.29) is 6.01 Å². The van der Waals surface area contributed by atoms with Crippen molar-refractivity contribution in [1.82, 2.24) is 4.98 Å². The molecule has 1 N–H and O–H groups in total. The van der Waals surface area contributed by atoms with Crippen molar-refractivity contribution in [3.05, 3.63) is 71.3 Å². The predicted octanol–water partition coefficient (Wildman–Crippen LogP) is 3.16. The highest BCUT2D eigenvalue weighted by atomic mass is 16.4.